The van der Waals surface area contributed by atoms with Crippen molar-refractivity contribution in [3.8, 4) is 11.6 Å². The number of carbonyl (C=O) groups excluding carboxylic acids is 1. The van der Waals surface area contributed by atoms with E-state index in [9.17, 15) is 14.5 Å². The summed E-state index contributed by atoms with van der Waals surface area (Å²) in [6, 6.07) is 6.67. The first-order valence-corrected chi connectivity index (χ1v) is 15.9. The number of ether oxygens (including phenoxy) is 3. The van der Waals surface area contributed by atoms with Gasteiger partial charge in [-0.2, -0.15) is 10.1 Å². The van der Waals surface area contributed by atoms with Gasteiger partial charge in [0, 0.05) is 0 Å². The minimum absolute atomic E-state index is 0.0822. The van der Waals surface area contributed by atoms with Crippen molar-refractivity contribution in [3.05, 3.63) is 42.5 Å². The van der Waals surface area contributed by atoms with E-state index < -0.39 is 50.2 Å². The number of aliphatic hydroxyl groups is 1. The second-order valence-electron chi connectivity index (χ2n) is 11.0. The van der Waals surface area contributed by atoms with Crippen LogP contribution in [-0.4, -0.2) is 73.6 Å². The van der Waals surface area contributed by atoms with Gasteiger partial charge in [-0.1, -0.05) is 18.2 Å². The van der Waals surface area contributed by atoms with E-state index in [2.05, 4.69) is 20.0 Å². The monoisotopic (exact) mass is 639 g/mol. The maximum absolute atomic E-state index is 16.3. The molecule has 1 saturated heterocycles. The van der Waals surface area contributed by atoms with Gasteiger partial charge in [0.05, 0.1) is 12.9 Å². The molecule has 13 nitrogen and oxygen atoms in total. The van der Waals surface area contributed by atoms with Crippen LogP contribution in [0, 0.1) is 6.92 Å². The smallest absolute Gasteiger partial charge is 0.459 e. The lowest BCUT2D eigenvalue weighted by Crippen LogP contribution is -2.47. The Balaban J connectivity index is 1.38. The molecule has 6 atom stereocenters. The van der Waals surface area contributed by atoms with Gasteiger partial charge in [-0.05, 0) is 65.5 Å². The Morgan fingerprint density at radius 2 is 1.95 bits per heavy atom. The number of aromatic nitrogens is 4. The number of aliphatic hydroxyl groups excluding tert-OH is 1. The molecule has 0 bridgehead atoms. The summed E-state index contributed by atoms with van der Waals surface area (Å²) in [6.45, 7) is 4.73. The minimum Gasteiger partial charge on any atom is -0.476 e. The van der Waals surface area contributed by atoms with Crippen molar-refractivity contribution in [2.75, 3.05) is 13.2 Å². The van der Waals surface area contributed by atoms with E-state index in [4.69, 9.17) is 23.3 Å². The Hall–Kier alpha value is -3.23. The number of alkyl halides is 2. The van der Waals surface area contributed by atoms with Crippen molar-refractivity contribution in [3.63, 3.8) is 0 Å². The van der Waals surface area contributed by atoms with E-state index in [0.717, 1.165) is 37.2 Å². The van der Waals surface area contributed by atoms with Crippen molar-refractivity contribution in [1.82, 2.24) is 24.6 Å². The summed E-state index contributed by atoms with van der Waals surface area (Å²) in [6.07, 6.45) is 0.0403. The Kier molecular flexibility index (Phi) is 9.24. The number of carbonyl (C=O) groups is 1. The fraction of sp³-hybridized carbons (Fsp3) is 0.571. The molecule has 44 heavy (non-hydrogen) atoms. The molecule has 0 amide bonds. The molecule has 0 spiro atoms. The maximum atomic E-state index is 16.3. The number of fused-ring (bicyclic) bond motifs is 1. The number of nitrogens with one attached hydrogen (secondary N) is 1. The minimum atomic E-state index is -4.56. The topological polar surface area (TPSA) is 156 Å². The molecule has 1 aromatic carbocycles. The van der Waals surface area contributed by atoms with E-state index in [0.29, 0.717) is 0 Å². The largest absolute Gasteiger partial charge is 0.476 e. The van der Waals surface area contributed by atoms with Gasteiger partial charge in [0.2, 0.25) is 5.88 Å². The highest BCUT2D eigenvalue weighted by Crippen LogP contribution is 2.52. The quantitative estimate of drug-likeness (QED) is 0.212. The highest BCUT2D eigenvalue weighted by molar-refractivity contribution is 7.52. The van der Waals surface area contributed by atoms with Gasteiger partial charge >= 0.3 is 13.7 Å². The van der Waals surface area contributed by atoms with E-state index >= 15 is 8.78 Å². The summed E-state index contributed by atoms with van der Waals surface area (Å²) in [5.74, 6) is -3.41. The first kappa shape index (κ1) is 32.2. The van der Waals surface area contributed by atoms with Crippen molar-refractivity contribution >= 4 is 24.9 Å². The van der Waals surface area contributed by atoms with Crippen molar-refractivity contribution in [2.45, 2.75) is 89.4 Å². The van der Waals surface area contributed by atoms with E-state index in [1.54, 1.807) is 32.0 Å². The fourth-order valence-electron chi connectivity index (χ4n) is 5.21. The molecule has 2 N–H and O–H groups in total. The van der Waals surface area contributed by atoms with Gasteiger partial charge in [0.25, 0.3) is 5.85 Å². The molecule has 16 heteroatoms. The molecule has 2 unspecified atom stereocenters. The Morgan fingerprint density at radius 1 is 1.25 bits per heavy atom. The molecule has 1 saturated carbocycles. The highest BCUT2D eigenvalue weighted by Gasteiger charge is 2.65. The first-order valence-electron chi connectivity index (χ1n) is 14.4. The van der Waals surface area contributed by atoms with Crippen LogP contribution in [0.25, 0.3) is 11.2 Å². The number of imidazole rings is 1. The summed E-state index contributed by atoms with van der Waals surface area (Å²) in [5.41, 5.74) is -2.48. The Morgan fingerprint density at radius 3 is 2.64 bits per heavy atom. The maximum Gasteiger partial charge on any atom is 0.459 e. The van der Waals surface area contributed by atoms with Crippen LogP contribution in [0.4, 0.5) is 8.78 Å². The standard InChI is InChI=1S/C28H36F2N5O8P/c1-5-39-23-21-22(32-18(3)33-23)35(16-31-21)26-27(4,29)25(37)28(30,42-26)15-40-44(38,43-20-13-7-6-8-14-20)34-17(2)24(36)41-19-11-9-10-12-19/h6-8,13-14,16-17,19,25-26,37H,5,9-12,15H2,1-4H3,(H,34,38)/t17?,25-,26+,27+,28+,44?/m0/s1. The van der Waals surface area contributed by atoms with Gasteiger partial charge in [-0.15, -0.1) is 0 Å². The summed E-state index contributed by atoms with van der Waals surface area (Å²) in [7, 11) is -4.56. The van der Waals surface area contributed by atoms with E-state index in [1.165, 1.54) is 25.4 Å². The fourth-order valence-corrected chi connectivity index (χ4v) is 6.72. The summed E-state index contributed by atoms with van der Waals surface area (Å²) in [5, 5.41) is 13.3. The number of hydrogen-bond acceptors (Lipinski definition) is 11. The zero-order valence-corrected chi connectivity index (χ0v) is 25.7. The molecule has 240 valence electrons. The second-order valence-corrected chi connectivity index (χ2v) is 12.7. The molecule has 1 aliphatic carbocycles. The average Bonchev–Trinajstić information content (AvgIpc) is 3.68. The van der Waals surface area contributed by atoms with Crippen LogP contribution in [0.2, 0.25) is 0 Å². The number of para-hydroxylation sites is 1. The van der Waals surface area contributed by atoms with E-state index in [-0.39, 0.29) is 41.3 Å². The molecule has 5 rings (SSSR count). The first-order chi connectivity index (χ1) is 20.8. The van der Waals surface area contributed by atoms with Crippen LogP contribution in [0.5, 0.6) is 11.6 Å². The third kappa shape index (κ3) is 6.57. The summed E-state index contributed by atoms with van der Waals surface area (Å²) < 4.78 is 74.9. The lowest BCUT2D eigenvalue weighted by molar-refractivity contribution is -0.202. The van der Waals surface area contributed by atoms with Gasteiger partial charge in [-0.3, -0.25) is 13.9 Å². The zero-order chi connectivity index (χ0) is 31.7. The van der Waals surface area contributed by atoms with Crippen LogP contribution in [-0.2, 0) is 23.4 Å². The molecule has 2 aliphatic rings. The SMILES string of the molecule is CCOc1nc(C)nc2c1ncn2[C@@H]1O[C@](F)(COP(=O)(NC(C)C(=O)OC2CCCC2)Oc2ccccc2)[C@@H](O)[C@@]1(C)F. The normalized spacial score (nSPS) is 27.7. The van der Waals surface area contributed by atoms with Crippen LogP contribution in [0.3, 0.4) is 0 Å². The molecule has 3 aromatic rings. The van der Waals surface area contributed by atoms with Crippen LogP contribution < -0.4 is 14.3 Å². The van der Waals surface area contributed by atoms with Crippen molar-refractivity contribution in [1.29, 1.82) is 0 Å². The number of esters is 1. The van der Waals surface area contributed by atoms with Crippen molar-refractivity contribution in [2.24, 2.45) is 0 Å². The Labute approximate surface area is 252 Å². The lowest BCUT2D eigenvalue weighted by Gasteiger charge is -2.28. The Bertz CT molecular complexity index is 1520. The molecule has 3 heterocycles. The van der Waals surface area contributed by atoms with Crippen LogP contribution >= 0.6 is 7.75 Å². The highest BCUT2D eigenvalue weighted by atomic mass is 31.2. The molecular weight excluding hydrogens is 603 g/mol. The van der Waals surface area contributed by atoms with E-state index in [1.807, 2.05) is 0 Å². The third-order valence-electron chi connectivity index (χ3n) is 7.46. The van der Waals surface area contributed by atoms with Gasteiger partial charge < -0.3 is 23.8 Å². The number of nitrogens with zero attached hydrogens (tertiary/aromatic N) is 4. The van der Waals surface area contributed by atoms with Gasteiger partial charge in [-0.25, -0.2) is 23.3 Å². The number of hydrogen-bond donors (Lipinski definition) is 2. The third-order valence-corrected chi connectivity index (χ3v) is 9.08. The molecular formula is C28H36F2N5O8P. The summed E-state index contributed by atoms with van der Waals surface area (Å²) >= 11 is 0. The van der Waals surface area contributed by atoms with Crippen molar-refractivity contribution < 1.29 is 46.5 Å². The number of aryl methyl sites for hydroxylation is 1. The average molecular weight is 640 g/mol. The lowest BCUT2D eigenvalue weighted by atomic mass is 9.97. The number of benzene rings is 1. The molecule has 2 aromatic heterocycles. The van der Waals surface area contributed by atoms with Gasteiger partial charge in [0.1, 0.15) is 30.3 Å². The number of rotatable bonds is 12. The summed E-state index contributed by atoms with van der Waals surface area (Å²) in [4.78, 5) is 25.4. The van der Waals surface area contributed by atoms with Gasteiger partial charge in [0.15, 0.2) is 29.2 Å². The molecule has 1 aliphatic heterocycles. The zero-order valence-electron chi connectivity index (χ0n) is 24.8. The second kappa shape index (κ2) is 12.6. The van der Waals surface area contributed by atoms with Crippen LogP contribution in [0.1, 0.15) is 58.5 Å². The molecule has 2 fully saturated rings. The van der Waals surface area contributed by atoms with Crippen LogP contribution in [0.15, 0.2) is 36.7 Å². The predicted octanol–water partition coefficient (Wildman–Crippen LogP) is 4.48. The molecule has 0 radical (unpaired) electrons. The predicted molar refractivity (Wildman–Crippen MR) is 152 cm³/mol. The number of halogens is 2.